The van der Waals surface area contributed by atoms with Gasteiger partial charge >= 0.3 is 5.97 Å². The maximum absolute atomic E-state index is 12.4. The number of nitrogens with one attached hydrogen (secondary N) is 1. The van der Waals surface area contributed by atoms with Gasteiger partial charge in [-0.3, -0.25) is 9.48 Å². The number of amides is 1. The van der Waals surface area contributed by atoms with Crippen LogP contribution in [0.3, 0.4) is 0 Å². The fourth-order valence-electron chi connectivity index (χ4n) is 2.45. The zero-order chi connectivity index (χ0) is 17.5. The molecule has 0 aromatic carbocycles. The van der Waals surface area contributed by atoms with Gasteiger partial charge in [-0.15, -0.1) is 11.3 Å². The standard InChI is InChI=1S/C16H20N4O3S/c1-16(2,3)20-12(9-4-5-9)6-10(19-20)14(21)17-7-13-18-11(8-24-13)15(22)23/h6,8-9H,4-5,7H2,1-3H3,(H,17,21)(H,22,23). The molecule has 2 N–H and O–H groups in total. The molecule has 2 aromatic rings. The Kier molecular flexibility index (Phi) is 4.16. The van der Waals surface area contributed by atoms with E-state index < -0.39 is 5.97 Å². The van der Waals surface area contributed by atoms with Crippen LogP contribution in [0.1, 0.15) is 71.2 Å². The van der Waals surface area contributed by atoms with Gasteiger partial charge in [-0.25, -0.2) is 9.78 Å². The van der Waals surface area contributed by atoms with E-state index in [1.54, 1.807) is 0 Å². The summed E-state index contributed by atoms with van der Waals surface area (Å²) in [7, 11) is 0. The fraction of sp³-hybridized carbons (Fsp3) is 0.500. The highest BCUT2D eigenvalue weighted by Crippen LogP contribution is 2.41. The predicted octanol–water partition coefficient (Wildman–Crippen LogP) is 2.60. The van der Waals surface area contributed by atoms with E-state index in [0.717, 1.165) is 18.5 Å². The van der Waals surface area contributed by atoms with Crippen LogP contribution in [0, 0.1) is 0 Å². The molecule has 0 saturated heterocycles. The van der Waals surface area contributed by atoms with Gasteiger partial charge in [0.2, 0.25) is 0 Å². The van der Waals surface area contributed by atoms with Crippen LogP contribution in [0.25, 0.3) is 0 Å². The molecule has 1 aliphatic rings. The Morgan fingerprint density at radius 1 is 1.38 bits per heavy atom. The van der Waals surface area contributed by atoms with Gasteiger partial charge in [0.15, 0.2) is 5.69 Å². The minimum atomic E-state index is -1.07. The summed E-state index contributed by atoms with van der Waals surface area (Å²) >= 11 is 1.21. The van der Waals surface area contributed by atoms with E-state index in [-0.39, 0.29) is 23.7 Å². The molecule has 8 heteroatoms. The first-order valence-electron chi connectivity index (χ1n) is 7.82. The van der Waals surface area contributed by atoms with Crippen molar-refractivity contribution in [3.8, 4) is 0 Å². The monoisotopic (exact) mass is 348 g/mol. The Labute approximate surface area is 143 Å². The van der Waals surface area contributed by atoms with Crippen molar-refractivity contribution in [3.05, 3.63) is 33.5 Å². The molecule has 2 heterocycles. The average Bonchev–Trinajstić information content (AvgIpc) is 3.06. The number of hydrogen-bond acceptors (Lipinski definition) is 5. The molecule has 0 spiro atoms. The van der Waals surface area contributed by atoms with Crippen LogP contribution >= 0.6 is 11.3 Å². The summed E-state index contributed by atoms with van der Waals surface area (Å²) < 4.78 is 1.94. The summed E-state index contributed by atoms with van der Waals surface area (Å²) in [6.45, 7) is 6.39. The third-order valence-electron chi connectivity index (χ3n) is 3.77. The molecule has 0 bridgehead atoms. The molecule has 1 aliphatic carbocycles. The zero-order valence-electron chi connectivity index (χ0n) is 13.9. The van der Waals surface area contributed by atoms with Gasteiger partial charge < -0.3 is 10.4 Å². The number of aromatic carboxylic acids is 1. The quantitative estimate of drug-likeness (QED) is 0.865. The van der Waals surface area contributed by atoms with Crippen molar-refractivity contribution >= 4 is 23.2 Å². The number of carboxylic acid groups (broad SMARTS) is 1. The third-order valence-corrected chi connectivity index (χ3v) is 4.62. The molecular weight excluding hydrogens is 328 g/mol. The highest BCUT2D eigenvalue weighted by molar-refractivity contribution is 7.09. The Bertz CT molecular complexity index is 784. The van der Waals surface area contributed by atoms with Gasteiger partial charge in [-0.05, 0) is 39.7 Å². The van der Waals surface area contributed by atoms with E-state index in [2.05, 4.69) is 36.2 Å². The molecular formula is C16H20N4O3S. The van der Waals surface area contributed by atoms with E-state index >= 15 is 0 Å². The van der Waals surface area contributed by atoms with E-state index in [0.29, 0.717) is 16.6 Å². The van der Waals surface area contributed by atoms with Crippen molar-refractivity contribution in [1.29, 1.82) is 0 Å². The molecule has 0 aliphatic heterocycles. The van der Waals surface area contributed by atoms with Crippen molar-refractivity contribution < 1.29 is 14.7 Å². The summed E-state index contributed by atoms with van der Waals surface area (Å²) in [5.41, 5.74) is 1.32. The Balaban J connectivity index is 1.71. The molecule has 3 rings (SSSR count). The normalized spacial score (nSPS) is 14.6. The van der Waals surface area contributed by atoms with Crippen molar-refractivity contribution in [1.82, 2.24) is 20.1 Å². The van der Waals surface area contributed by atoms with Crippen LogP contribution in [0.4, 0.5) is 0 Å². The second-order valence-electron chi connectivity index (χ2n) is 6.93. The summed E-state index contributed by atoms with van der Waals surface area (Å²) in [5, 5.41) is 18.1. The number of thiazole rings is 1. The molecule has 128 valence electrons. The first kappa shape index (κ1) is 16.6. The van der Waals surface area contributed by atoms with Crippen molar-refractivity contribution in [2.24, 2.45) is 0 Å². The average molecular weight is 348 g/mol. The molecule has 1 saturated carbocycles. The molecule has 0 atom stereocenters. The molecule has 0 unspecified atom stereocenters. The van der Waals surface area contributed by atoms with Gasteiger partial charge in [0.25, 0.3) is 5.91 Å². The molecule has 0 radical (unpaired) electrons. The predicted molar refractivity (Wildman–Crippen MR) is 89.4 cm³/mol. The lowest BCUT2D eigenvalue weighted by Crippen LogP contribution is -2.27. The lowest BCUT2D eigenvalue weighted by molar-refractivity contribution is 0.0691. The lowest BCUT2D eigenvalue weighted by Gasteiger charge is -2.22. The van der Waals surface area contributed by atoms with Crippen molar-refractivity contribution in [2.45, 2.75) is 51.6 Å². The Hall–Kier alpha value is -2.22. The van der Waals surface area contributed by atoms with Crippen LogP contribution in [0.15, 0.2) is 11.4 Å². The van der Waals surface area contributed by atoms with Crippen LogP contribution in [0.5, 0.6) is 0 Å². The smallest absolute Gasteiger partial charge is 0.355 e. The number of carbonyl (C=O) groups is 2. The number of hydrogen-bond donors (Lipinski definition) is 2. The summed E-state index contributed by atoms with van der Waals surface area (Å²) in [6.07, 6.45) is 2.28. The number of nitrogens with zero attached hydrogens (tertiary/aromatic N) is 3. The third kappa shape index (κ3) is 3.48. The van der Waals surface area contributed by atoms with Crippen LogP contribution in [-0.2, 0) is 12.1 Å². The van der Waals surface area contributed by atoms with E-state index in [1.165, 1.54) is 16.7 Å². The van der Waals surface area contributed by atoms with Gasteiger partial charge in [-0.1, -0.05) is 0 Å². The highest BCUT2D eigenvalue weighted by atomic mass is 32.1. The second-order valence-corrected chi connectivity index (χ2v) is 7.87. The SMILES string of the molecule is CC(C)(C)n1nc(C(=O)NCc2nc(C(=O)O)cs2)cc1C1CC1. The van der Waals surface area contributed by atoms with Gasteiger partial charge in [0.1, 0.15) is 10.7 Å². The highest BCUT2D eigenvalue weighted by Gasteiger charge is 2.32. The van der Waals surface area contributed by atoms with Crippen LogP contribution in [0.2, 0.25) is 0 Å². The van der Waals surface area contributed by atoms with Crippen molar-refractivity contribution in [2.75, 3.05) is 0 Å². The maximum Gasteiger partial charge on any atom is 0.355 e. The van der Waals surface area contributed by atoms with Crippen LogP contribution in [-0.4, -0.2) is 31.7 Å². The van der Waals surface area contributed by atoms with Gasteiger partial charge in [0.05, 0.1) is 12.1 Å². The van der Waals surface area contributed by atoms with Crippen molar-refractivity contribution in [3.63, 3.8) is 0 Å². The van der Waals surface area contributed by atoms with Gasteiger partial charge in [0, 0.05) is 17.0 Å². The minimum Gasteiger partial charge on any atom is -0.476 e. The first-order chi connectivity index (χ1) is 11.3. The molecule has 7 nitrogen and oxygen atoms in total. The van der Waals surface area contributed by atoms with E-state index in [4.69, 9.17) is 5.11 Å². The molecule has 1 fully saturated rings. The molecule has 1 amide bonds. The van der Waals surface area contributed by atoms with E-state index in [1.807, 2.05) is 10.7 Å². The minimum absolute atomic E-state index is 0.00252. The topological polar surface area (TPSA) is 97.1 Å². The fourth-order valence-corrected chi connectivity index (χ4v) is 3.16. The summed E-state index contributed by atoms with van der Waals surface area (Å²) in [4.78, 5) is 27.1. The largest absolute Gasteiger partial charge is 0.476 e. The number of carboxylic acids is 1. The maximum atomic E-state index is 12.4. The zero-order valence-corrected chi connectivity index (χ0v) is 14.7. The van der Waals surface area contributed by atoms with Gasteiger partial charge in [-0.2, -0.15) is 5.10 Å². The number of aromatic nitrogens is 3. The van der Waals surface area contributed by atoms with Crippen LogP contribution < -0.4 is 5.32 Å². The summed E-state index contributed by atoms with van der Waals surface area (Å²) in [5.74, 6) is -0.843. The lowest BCUT2D eigenvalue weighted by atomic mass is 10.1. The second kappa shape index (κ2) is 6.01. The first-order valence-corrected chi connectivity index (χ1v) is 8.70. The molecule has 24 heavy (non-hydrogen) atoms. The number of rotatable bonds is 5. The number of carbonyl (C=O) groups excluding carboxylic acids is 1. The molecule has 2 aromatic heterocycles. The Morgan fingerprint density at radius 2 is 2.08 bits per heavy atom. The summed E-state index contributed by atoms with van der Waals surface area (Å²) in [6, 6.07) is 1.86. The van der Waals surface area contributed by atoms with E-state index in [9.17, 15) is 9.59 Å². The Morgan fingerprint density at radius 3 is 2.62 bits per heavy atom.